The van der Waals surface area contributed by atoms with Crippen LogP contribution in [-0.2, 0) is 19.0 Å². The first-order chi connectivity index (χ1) is 19.3. The average Bonchev–Trinajstić information content (AvgIpc) is 2.94. The predicted octanol–water partition coefficient (Wildman–Crippen LogP) is 3.59. The van der Waals surface area contributed by atoms with Crippen LogP contribution < -0.4 is 21.7 Å². The van der Waals surface area contributed by atoms with Crippen molar-refractivity contribution in [2.75, 3.05) is 52.5 Å². The van der Waals surface area contributed by atoms with Gasteiger partial charge in [-0.1, -0.05) is 32.3 Å². The van der Waals surface area contributed by atoms with Crippen LogP contribution in [-0.4, -0.2) is 87.7 Å². The summed E-state index contributed by atoms with van der Waals surface area (Å²) in [5.74, 6) is -0.514. The molecule has 1 saturated heterocycles. The fourth-order valence-electron chi connectivity index (χ4n) is 4.25. The molecule has 12 heteroatoms. The van der Waals surface area contributed by atoms with Crippen LogP contribution >= 0.6 is 0 Å². The van der Waals surface area contributed by atoms with Gasteiger partial charge in [-0.15, -0.1) is 0 Å². The van der Waals surface area contributed by atoms with Crippen molar-refractivity contribution in [3.8, 4) is 0 Å². The van der Waals surface area contributed by atoms with E-state index in [1.165, 1.54) is 0 Å². The van der Waals surface area contributed by atoms with Crippen molar-refractivity contribution < 1.29 is 33.4 Å². The Kier molecular flexibility index (Phi) is 19.9. The second kappa shape index (κ2) is 22.8. The predicted molar refractivity (Wildman–Crippen MR) is 153 cm³/mol. The van der Waals surface area contributed by atoms with E-state index in [1.54, 1.807) is 6.92 Å². The Morgan fingerprint density at radius 3 is 1.93 bits per heavy atom. The van der Waals surface area contributed by atoms with Crippen molar-refractivity contribution in [2.24, 2.45) is 5.73 Å². The zero-order chi connectivity index (χ0) is 29.4. The number of urea groups is 1. The van der Waals surface area contributed by atoms with Crippen LogP contribution in [0.15, 0.2) is 12.2 Å². The Bertz CT molecular complexity index is 765. The summed E-state index contributed by atoms with van der Waals surface area (Å²) < 4.78 is 15.1. The van der Waals surface area contributed by atoms with Crippen LogP contribution in [0.4, 0.5) is 14.4 Å². The molecule has 1 fully saturated rings. The summed E-state index contributed by atoms with van der Waals surface area (Å²) in [6.07, 6.45) is 10.1. The van der Waals surface area contributed by atoms with E-state index in [0.717, 1.165) is 77.2 Å². The van der Waals surface area contributed by atoms with E-state index in [9.17, 15) is 19.2 Å². The van der Waals surface area contributed by atoms with Gasteiger partial charge in [0.05, 0.1) is 6.61 Å². The van der Waals surface area contributed by atoms with E-state index >= 15 is 0 Å². The first-order valence-corrected chi connectivity index (χ1v) is 14.7. The minimum Gasteiger partial charge on any atom is -0.459 e. The molecule has 4 amide bonds. The molecule has 0 bridgehead atoms. The zero-order valence-corrected chi connectivity index (χ0v) is 24.3. The first-order valence-electron chi connectivity index (χ1n) is 14.7. The van der Waals surface area contributed by atoms with Crippen LogP contribution in [0.1, 0.15) is 84.0 Å². The molecule has 0 spiro atoms. The maximum atomic E-state index is 12.6. The molecule has 1 aliphatic rings. The number of nitrogens with two attached hydrogens (primary N) is 1. The maximum Gasteiger partial charge on any atom is 0.407 e. The summed E-state index contributed by atoms with van der Waals surface area (Å²) in [6.45, 7) is 8.37. The van der Waals surface area contributed by atoms with Crippen LogP contribution in [0.5, 0.6) is 0 Å². The lowest BCUT2D eigenvalue weighted by molar-refractivity contribution is -0.139. The number of carbonyl (C=O) groups excluding carboxylic acids is 4. The fourth-order valence-corrected chi connectivity index (χ4v) is 4.25. The molecule has 12 nitrogen and oxygen atoms in total. The number of hydrogen-bond acceptors (Lipinski definition) is 8. The van der Waals surface area contributed by atoms with Gasteiger partial charge >= 0.3 is 24.2 Å². The summed E-state index contributed by atoms with van der Waals surface area (Å²) in [6, 6.07) is 0.0606. The number of amides is 4. The lowest BCUT2D eigenvalue weighted by Gasteiger charge is -2.35. The Hall–Kier alpha value is -3.02. The van der Waals surface area contributed by atoms with Gasteiger partial charge in [-0.25, -0.2) is 19.2 Å². The van der Waals surface area contributed by atoms with E-state index in [0.29, 0.717) is 38.2 Å². The molecule has 0 aromatic heterocycles. The second-order valence-electron chi connectivity index (χ2n) is 10.0. The van der Waals surface area contributed by atoms with Crippen molar-refractivity contribution in [3.63, 3.8) is 0 Å². The first kappa shape index (κ1) is 35.0. The molecule has 0 aliphatic carbocycles. The quantitative estimate of drug-likeness (QED) is 0.0748. The number of nitrogens with one attached hydrogen (secondary N) is 3. The third-order valence-corrected chi connectivity index (χ3v) is 6.52. The third kappa shape index (κ3) is 17.5. The molecular weight excluding hydrogens is 518 g/mol. The van der Waals surface area contributed by atoms with Gasteiger partial charge in [0.15, 0.2) is 0 Å². The zero-order valence-electron chi connectivity index (χ0n) is 24.3. The average molecular weight is 570 g/mol. The Morgan fingerprint density at radius 1 is 0.775 bits per heavy atom. The number of rotatable bonds is 20. The van der Waals surface area contributed by atoms with Crippen molar-refractivity contribution in [1.29, 1.82) is 0 Å². The lowest BCUT2D eigenvalue weighted by Crippen LogP contribution is -2.49. The topological polar surface area (TPSA) is 161 Å². The highest BCUT2D eigenvalue weighted by molar-refractivity contribution is 5.86. The van der Waals surface area contributed by atoms with Gasteiger partial charge in [-0.3, -0.25) is 0 Å². The molecule has 40 heavy (non-hydrogen) atoms. The summed E-state index contributed by atoms with van der Waals surface area (Å²) in [5, 5.41) is 8.43. The van der Waals surface area contributed by atoms with Gasteiger partial charge in [0.2, 0.25) is 0 Å². The second-order valence-corrected chi connectivity index (χ2v) is 10.0. The fraction of sp³-hybridized carbons (Fsp3) is 0.786. The minimum atomic E-state index is -0.554. The molecule has 1 unspecified atom stereocenters. The molecule has 1 rings (SSSR count). The van der Waals surface area contributed by atoms with Crippen molar-refractivity contribution in [3.05, 3.63) is 12.2 Å². The molecule has 5 N–H and O–H groups in total. The number of hydrogen-bond donors (Lipinski definition) is 4. The minimum absolute atomic E-state index is 0.0126. The van der Waals surface area contributed by atoms with Crippen LogP contribution in [0.25, 0.3) is 0 Å². The number of unbranched alkanes of at least 4 members (excludes halogenated alkanes) is 6. The highest BCUT2D eigenvalue weighted by Gasteiger charge is 2.26. The maximum absolute atomic E-state index is 12.6. The number of alkyl carbamates (subject to hydrolysis) is 2. The number of likely N-dealkylation sites (tertiary alicyclic amines) is 1. The standard InChI is InChI=1S/C28H51N5O7/c1-23(2)25(34)38-21-22-40-28(37)32-18-11-6-5-10-17-31-27(36)39-20-14-24-13-7-12-19-33(24)26(35)30-16-9-4-3-8-15-29/h24H,1,3-22,29H2,2H3,(H,30,35)(H,31,36)(H,32,37). The Balaban J connectivity index is 2.02. The SMILES string of the molecule is C=C(C)C(=O)OCCOC(=O)NCCCCCCNC(=O)OCCC1CCCCN1C(=O)NCCCCCCN. The van der Waals surface area contributed by atoms with E-state index < -0.39 is 18.2 Å². The Labute approximate surface area is 239 Å². The molecule has 0 saturated carbocycles. The number of carbonyl (C=O) groups is 4. The Morgan fingerprint density at radius 2 is 1.32 bits per heavy atom. The lowest BCUT2D eigenvalue weighted by atomic mass is 10.00. The van der Waals surface area contributed by atoms with Crippen molar-refractivity contribution >= 4 is 24.2 Å². The number of piperidine rings is 1. The molecule has 1 atom stereocenters. The van der Waals surface area contributed by atoms with Crippen molar-refractivity contribution in [1.82, 2.24) is 20.9 Å². The monoisotopic (exact) mass is 569 g/mol. The molecule has 1 heterocycles. The molecule has 0 aromatic carbocycles. The molecular formula is C28H51N5O7. The number of esters is 1. The van der Waals surface area contributed by atoms with Crippen LogP contribution in [0.3, 0.4) is 0 Å². The van der Waals surface area contributed by atoms with E-state index in [-0.39, 0.29) is 31.9 Å². The van der Waals surface area contributed by atoms with Gasteiger partial charge in [0, 0.05) is 44.2 Å². The highest BCUT2D eigenvalue weighted by atomic mass is 16.6. The van der Waals surface area contributed by atoms with Gasteiger partial charge in [0.1, 0.15) is 13.2 Å². The van der Waals surface area contributed by atoms with Gasteiger partial charge in [-0.05, 0) is 58.4 Å². The van der Waals surface area contributed by atoms with E-state index in [2.05, 4.69) is 22.5 Å². The van der Waals surface area contributed by atoms with Gasteiger partial charge in [-0.2, -0.15) is 0 Å². The van der Waals surface area contributed by atoms with Gasteiger partial charge in [0.25, 0.3) is 0 Å². The molecule has 0 radical (unpaired) electrons. The normalized spacial score (nSPS) is 14.7. The largest absolute Gasteiger partial charge is 0.459 e. The van der Waals surface area contributed by atoms with Crippen LogP contribution in [0, 0.1) is 0 Å². The summed E-state index contributed by atoms with van der Waals surface area (Å²) in [7, 11) is 0. The smallest absolute Gasteiger partial charge is 0.407 e. The van der Waals surface area contributed by atoms with E-state index in [1.807, 2.05) is 4.90 Å². The highest BCUT2D eigenvalue weighted by Crippen LogP contribution is 2.20. The number of nitrogens with zero attached hydrogens (tertiary/aromatic N) is 1. The van der Waals surface area contributed by atoms with Crippen molar-refractivity contribution in [2.45, 2.75) is 90.0 Å². The summed E-state index contributed by atoms with van der Waals surface area (Å²) >= 11 is 0. The third-order valence-electron chi connectivity index (χ3n) is 6.52. The molecule has 0 aromatic rings. The molecule has 230 valence electrons. The van der Waals surface area contributed by atoms with Gasteiger partial charge < -0.3 is 40.8 Å². The summed E-state index contributed by atoms with van der Waals surface area (Å²) in [5.41, 5.74) is 5.80. The number of ether oxygens (including phenoxy) is 3. The molecule has 1 aliphatic heterocycles. The summed E-state index contributed by atoms with van der Waals surface area (Å²) in [4.78, 5) is 49.3. The van der Waals surface area contributed by atoms with Crippen LogP contribution in [0.2, 0.25) is 0 Å². The van der Waals surface area contributed by atoms with E-state index in [4.69, 9.17) is 19.9 Å².